The van der Waals surface area contributed by atoms with E-state index in [0.29, 0.717) is 16.3 Å². The zero-order chi connectivity index (χ0) is 20.8. The lowest BCUT2D eigenvalue weighted by molar-refractivity contribution is -0.116. The van der Waals surface area contributed by atoms with Gasteiger partial charge >= 0.3 is 0 Å². The first kappa shape index (κ1) is 21.1. The molecule has 2 N–H and O–H groups in total. The molecule has 3 aromatic rings. The first-order chi connectivity index (χ1) is 13.9. The number of amides is 2. The lowest BCUT2D eigenvalue weighted by Crippen LogP contribution is -2.31. The minimum atomic E-state index is -0.496. The van der Waals surface area contributed by atoms with E-state index >= 15 is 0 Å². The van der Waals surface area contributed by atoms with Crippen LogP contribution in [0.15, 0.2) is 77.3 Å². The van der Waals surface area contributed by atoms with Crippen LogP contribution in [0.2, 0.25) is 5.02 Å². The second kappa shape index (κ2) is 9.72. The molecule has 3 aromatic carbocycles. The quantitative estimate of drug-likeness (QED) is 0.469. The lowest BCUT2D eigenvalue weighted by Gasteiger charge is -2.20. The molecule has 0 saturated carbocycles. The van der Waals surface area contributed by atoms with Gasteiger partial charge in [0.05, 0.1) is 28.7 Å². The van der Waals surface area contributed by atoms with Gasteiger partial charge in [0.1, 0.15) is 0 Å². The van der Waals surface area contributed by atoms with Gasteiger partial charge < -0.3 is 10.6 Å². The normalized spacial score (nSPS) is 11.6. The van der Waals surface area contributed by atoms with Crippen LogP contribution >= 0.6 is 27.5 Å². The van der Waals surface area contributed by atoms with Crippen LogP contribution in [0.25, 0.3) is 0 Å². The summed E-state index contributed by atoms with van der Waals surface area (Å²) in [5, 5.41) is 6.20. The smallest absolute Gasteiger partial charge is 0.253 e. The van der Waals surface area contributed by atoms with E-state index in [1.54, 1.807) is 24.3 Å². The number of carbonyl (C=O) groups is 2. The highest BCUT2D eigenvalue weighted by atomic mass is 79.9. The zero-order valence-corrected chi connectivity index (χ0v) is 18.1. The Morgan fingerprint density at radius 2 is 1.69 bits per heavy atom. The Morgan fingerprint density at radius 3 is 2.38 bits per heavy atom. The third-order valence-electron chi connectivity index (χ3n) is 4.41. The maximum Gasteiger partial charge on any atom is 0.253 e. The molecule has 6 heteroatoms. The van der Waals surface area contributed by atoms with Crippen LogP contribution in [-0.2, 0) is 4.79 Å². The highest BCUT2D eigenvalue weighted by molar-refractivity contribution is 9.10. The summed E-state index contributed by atoms with van der Waals surface area (Å²) >= 11 is 9.61. The number of halogens is 2. The third kappa shape index (κ3) is 5.68. The van der Waals surface area contributed by atoms with Crippen LogP contribution in [0.3, 0.4) is 0 Å². The van der Waals surface area contributed by atoms with Gasteiger partial charge in [-0.05, 0) is 58.2 Å². The molecular formula is C23H20BrClN2O2. The van der Waals surface area contributed by atoms with E-state index < -0.39 is 6.04 Å². The van der Waals surface area contributed by atoms with E-state index in [9.17, 15) is 9.59 Å². The number of benzene rings is 3. The van der Waals surface area contributed by atoms with E-state index in [0.717, 1.165) is 15.6 Å². The largest absolute Gasteiger partial charge is 0.345 e. The monoisotopic (exact) mass is 470 g/mol. The molecule has 2 amide bonds. The molecule has 4 nitrogen and oxygen atoms in total. The van der Waals surface area contributed by atoms with Crippen molar-refractivity contribution in [2.45, 2.75) is 19.4 Å². The second-order valence-corrected chi connectivity index (χ2v) is 7.91. The molecule has 0 bridgehead atoms. The highest BCUT2D eigenvalue weighted by Crippen LogP contribution is 2.25. The Morgan fingerprint density at radius 1 is 1.00 bits per heavy atom. The number of carbonyl (C=O) groups excluding carboxylic acids is 2. The van der Waals surface area contributed by atoms with E-state index in [1.807, 2.05) is 55.5 Å². The fraction of sp³-hybridized carbons (Fsp3) is 0.130. The molecular weight excluding hydrogens is 452 g/mol. The molecule has 1 unspecified atom stereocenters. The standard InChI is InChI=1S/C23H20BrClN2O2/c1-15-11-12-20(18(24)13-15)26-22(28)14-21(16-7-3-2-4-8-16)27-23(29)17-9-5-6-10-19(17)25/h2-13,21H,14H2,1H3,(H,26,28)(H,27,29). The van der Waals surface area contributed by atoms with Crippen molar-refractivity contribution < 1.29 is 9.59 Å². The maximum absolute atomic E-state index is 12.7. The first-order valence-electron chi connectivity index (χ1n) is 9.10. The van der Waals surface area contributed by atoms with Gasteiger partial charge in [0.2, 0.25) is 5.91 Å². The Balaban J connectivity index is 1.78. The first-order valence-corrected chi connectivity index (χ1v) is 10.3. The SMILES string of the molecule is Cc1ccc(NC(=O)CC(NC(=O)c2ccccc2Cl)c2ccccc2)c(Br)c1. The summed E-state index contributed by atoms with van der Waals surface area (Å²) in [6.07, 6.45) is 0.0839. The van der Waals surface area contributed by atoms with Gasteiger partial charge in [-0.3, -0.25) is 9.59 Å². The van der Waals surface area contributed by atoms with Crippen molar-refractivity contribution in [3.05, 3.63) is 99.0 Å². The third-order valence-corrected chi connectivity index (χ3v) is 5.40. The molecule has 0 heterocycles. The number of rotatable bonds is 6. The Kier molecular flexibility index (Phi) is 7.07. The van der Waals surface area contributed by atoms with Gasteiger partial charge in [0, 0.05) is 4.47 Å². The van der Waals surface area contributed by atoms with E-state index in [2.05, 4.69) is 26.6 Å². The van der Waals surface area contributed by atoms with Gasteiger partial charge in [-0.15, -0.1) is 0 Å². The average Bonchev–Trinajstić information content (AvgIpc) is 2.70. The molecule has 0 spiro atoms. The van der Waals surface area contributed by atoms with Gasteiger partial charge in [-0.1, -0.05) is 60.1 Å². The van der Waals surface area contributed by atoms with E-state index in [4.69, 9.17) is 11.6 Å². The summed E-state index contributed by atoms with van der Waals surface area (Å²) in [6.45, 7) is 1.98. The molecule has 0 aliphatic rings. The van der Waals surface area contributed by atoms with Gasteiger partial charge in [0.15, 0.2) is 0 Å². The molecule has 0 saturated heterocycles. The number of anilines is 1. The molecule has 148 valence electrons. The number of hydrogen-bond acceptors (Lipinski definition) is 2. The molecule has 0 radical (unpaired) electrons. The van der Waals surface area contributed by atoms with Crippen LogP contribution in [0, 0.1) is 6.92 Å². The van der Waals surface area contributed by atoms with Crippen LogP contribution in [0.1, 0.15) is 33.9 Å². The highest BCUT2D eigenvalue weighted by Gasteiger charge is 2.21. The molecule has 0 fully saturated rings. The molecule has 1 atom stereocenters. The maximum atomic E-state index is 12.7. The number of aryl methyl sites for hydroxylation is 1. The van der Waals surface area contributed by atoms with Crippen molar-refractivity contribution in [1.29, 1.82) is 0 Å². The molecule has 29 heavy (non-hydrogen) atoms. The Hall–Kier alpha value is -2.63. The summed E-state index contributed by atoms with van der Waals surface area (Å²) in [4.78, 5) is 25.5. The zero-order valence-electron chi connectivity index (χ0n) is 15.8. The predicted octanol–water partition coefficient (Wildman–Crippen LogP) is 5.91. The fourth-order valence-corrected chi connectivity index (χ4v) is 3.74. The van der Waals surface area contributed by atoms with Crippen molar-refractivity contribution in [1.82, 2.24) is 5.32 Å². The summed E-state index contributed by atoms with van der Waals surface area (Å²) in [6, 6.07) is 21.4. The van der Waals surface area contributed by atoms with Crippen molar-refractivity contribution in [3.8, 4) is 0 Å². The Bertz CT molecular complexity index is 1020. The van der Waals surface area contributed by atoms with E-state index in [-0.39, 0.29) is 18.2 Å². The summed E-state index contributed by atoms with van der Waals surface area (Å²) in [5.74, 6) is -0.531. The van der Waals surface area contributed by atoms with Crippen LogP contribution in [-0.4, -0.2) is 11.8 Å². The van der Waals surface area contributed by atoms with Crippen molar-refractivity contribution in [2.75, 3.05) is 5.32 Å². The molecule has 0 aliphatic carbocycles. The van der Waals surface area contributed by atoms with Crippen molar-refractivity contribution in [2.24, 2.45) is 0 Å². The van der Waals surface area contributed by atoms with E-state index in [1.165, 1.54) is 0 Å². The van der Waals surface area contributed by atoms with Crippen molar-refractivity contribution >= 4 is 45.0 Å². The fourth-order valence-electron chi connectivity index (χ4n) is 2.93. The summed E-state index contributed by atoms with van der Waals surface area (Å²) < 4.78 is 0.808. The molecule has 0 aromatic heterocycles. The minimum Gasteiger partial charge on any atom is -0.345 e. The Labute approximate surface area is 183 Å². The second-order valence-electron chi connectivity index (χ2n) is 6.65. The van der Waals surface area contributed by atoms with Crippen LogP contribution in [0.4, 0.5) is 5.69 Å². The minimum absolute atomic E-state index is 0.0839. The van der Waals surface area contributed by atoms with Crippen LogP contribution in [0.5, 0.6) is 0 Å². The molecule has 0 aliphatic heterocycles. The summed E-state index contributed by atoms with van der Waals surface area (Å²) in [5.41, 5.74) is 2.98. The lowest BCUT2D eigenvalue weighted by atomic mass is 10.0. The molecule has 3 rings (SSSR count). The van der Waals surface area contributed by atoms with Gasteiger partial charge in [-0.25, -0.2) is 0 Å². The summed E-state index contributed by atoms with van der Waals surface area (Å²) in [7, 11) is 0. The van der Waals surface area contributed by atoms with Gasteiger partial charge in [-0.2, -0.15) is 0 Å². The van der Waals surface area contributed by atoms with Gasteiger partial charge in [0.25, 0.3) is 5.91 Å². The topological polar surface area (TPSA) is 58.2 Å². The number of hydrogen-bond donors (Lipinski definition) is 2. The number of nitrogens with one attached hydrogen (secondary N) is 2. The average molecular weight is 472 g/mol. The predicted molar refractivity (Wildman–Crippen MR) is 120 cm³/mol. The van der Waals surface area contributed by atoms with Crippen LogP contribution < -0.4 is 10.6 Å². The van der Waals surface area contributed by atoms with Crippen molar-refractivity contribution in [3.63, 3.8) is 0 Å².